The minimum Gasteiger partial charge on any atom is -0.456 e. The highest BCUT2D eigenvalue weighted by atomic mass is 16.3. The minimum absolute atomic E-state index is 0.894. The summed E-state index contributed by atoms with van der Waals surface area (Å²) < 4.78 is 12.9. The van der Waals surface area contributed by atoms with Crippen molar-refractivity contribution in [3.8, 4) is 33.4 Å². The van der Waals surface area contributed by atoms with Gasteiger partial charge in [-0.25, -0.2) is 0 Å². The quantitative estimate of drug-likeness (QED) is 0.157. The molecule has 0 saturated carbocycles. The summed E-state index contributed by atoms with van der Waals surface area (Å²) in [6.07, 6.45) is 0. The van der Waals surface area contributed by atoms with Crippen LogP contribution in [0.3, 0.4) is 0 Å². The van der Waals surface area contributed by atoms with Gasteiger partial charge in [0.25, 0.3) is 0 Å². The number of benzene rings is 11. The van der Waals surface area contributed by atoms with E-state index in [4.69, 9.17) is 8.83 Å². The molecule has 294 valence electrons. The van der Waals surface area contributed by atoms with Crippen molar-refractivity contribution >= 4 is 93.3 Å². The van der Waals surface area contributed by atoms with E-state index >= 15 is 0 Å². The predicted molar refractivity (Wildman–Crippen MR) is 265 cm³/mol. The lowest BCUT2D eigenvalue weighted by molar-refractivity contribution is 0.669. The Bertz CT molecular complexity index is 3910. The first-order chi connectivity index (χ1) is 31.2. The number of rotatable bonds is 6. The molecule has 3 nitrogen and oxygen atoms in total. The molecule has 13 rings (SSSR count). The van der Waals surface area contributed by atoms with Gasteiger partial charge < -0.3 is 13.7 Å². The monoisotopic (exact) mass is 803 g/mol. The highest BCUT2D eigenvalue weighted by molar-refractivity contribution is 6.16. The second-order valence-electron chi connectivity index (χ2n) is 16.4. The van der Waals surface area contributed by atoms with Gasteiger partial charge in [0.2, 0.25) is 0 Å². The maximum atomic E-state index is 6.65. The molecule has 0 spiro atoms. The van der Waals surface area contributed by atoms with E-state index < -0.39 is 0 Å². The second-order valence-corrected chi connectivity index (χ2v) is 16.4. The van der Waals surface area contributed by atoms with Crippen molar-refractivity contribution < 1.29 is 8.83 Å². The van der Waals surface area contributed by atoms with Crippen molar-refractivity contribution in [2.75, 3.05) is 4.90 Å². The van der Waals surface area contributed by atoms with Crippen molar-refractivity contribution in [3.63, 3.8) is 0 Å². The average molecular weight is 804 g/mol. The van der Waals surface area contributed by atoms with Crippen LogP contribution in [-0.2, 0) is 0 Å². The summed E-state index contributed by atoms with van der Waals surface area (Å²) in [5, 5.41) is 11.8. The predicted octanol–water partition coefficient (Wildman–Crippen LogP) is 17.4. The number of para-hydroxylation sites is 3. The smallest absolute Gasteiger partial charge is 0.143 e. The molecule has 0 aliphatic carbocycles. The Morgan fingerprint density at radius 3 is 1.60 bits per heavy atom. The third kappa shape index (κ3) is 5.67. The Labute approximate surface area is 363 Å². The van der Waals surface area contributed by atoms with E-state index in [1.54, 1.807) is 0 Å². The van der Waals surface area contributed by atoms with Crippen molar-refractivity contribution in [2.24, 2.45) is 0 Å². The van der Waals surface area contributed by atoms with Crippen molar-refractivity contribution in [3.05, 3.63) is 224 Å². The summed E-state index contributed by atoms with van der Waals surface area (Å²) in [7, 11) is 0. The Hall–Kier alpha value is -8.40. The lowest BCUT2D eigenvalue weighted by Gasteiger charge is -2.28. The molecule has 2 aromatic heterocycles. The summed E-state index contributed by atoms with van der Waals surface area (Å²) in [6.45, 7) is 0. The zero-order valence-corrected chi connectivity index (χ0v) is 34.1. The van der Waals surface area contributed by atoms with Crippen LogP contribution in [0.2, 0.25) is 0 Å². The molecule has 63 heavy (non-hydrogen) atoms. The topological polar surface area (TPSA) is 29.5 Å². The molecule has 13 aromatic rings. The van der Waals surface area contributed by atoms with Crippen LogP contribution in [0.25, 0.3) is 110 Å². The summed E-state index contributed by atoms with van der Waals surface area (Å²) in [4.78, 5) is 2.40. The van der Waals surface area contributed by atoms with Crippen molar-refractivity contribution in [1.82, 2.24) is 0 Å². The third-order valence-electron chi connectivity index (χ3n) is 12.9. The van der Waals surface area contributed by atoms with E-state index in [1.165, 1.54) is 37.9 Å². The van der Waals surface area contributed by atoms with Gasteiger partial charge in [-0.2, -0.15) is 0 Å². The Balaban J connectivity index is 0.969. The van der Waals surface area contributed by atoms with Crippen LogP contribution >= 0.6 is 0 Å². The maximum Gasteiger partial charge on any atom is 0.143 e. The lowest BCUT2D eigenvalue weighted by atomic mass is 9.89. The Morgan fingerprint density at radius 1 is 0.286 bits per heavy atom. The zero-order chi connectivity index (χ0) is 41.4. The van der Waals surface area contributed by atoms with Gasteiger partial charge in [0, 0.05) is 49.4 Å². The molecular weight excluding hydrogens is 767 g/mol. The first kappa shape index (κ1) is 35.4. The number of anilines is 3. The van der Waals surface area contributed by atoms with E-state index in [2.05, 4.69) is 211 Å². The average Bonchev–Trinajstić information content (AvgIpc) is 3.93. The van der Waals surface area contributed by atoms with Crippen molar-refractivity contribution in [1.29, 1.82) is 0 Å². The standard InChI is InChI=1S/C60H37NO2/c1-4-15-46-39(12-1)28-34-47(59(46)54-21-11-20-53-51-19-8-10-23-57(51)63-60(53)54)40-26-32-44(33-27-40)61(55-36-42-13-2-3-14-45(42)48-16-5-6-17-49(48)55)43-30-24-38(25-31-43)41-29-35-52-50-18-7-9-22-56(50)62-58(52)37-41/h1-37H. The third-order valence-corrected chi connectivity index (χ3v) is 12.9. The van der Waals surface area contributed by atoms with Gasteiger partial charge in [-0.05, 0) is 104 Å². The van der Waals surface area contributed by atoms with E-state index in [9.17, 15) is 0 Å². The zero-order valence-electron chi connectivity index (χ0n) is 34.1. The van der Waals surface area contributed by atoms with Crippen LogP contribution in [0.1, 0.15) is 0 Å². The number of furan rings is 2. The summed E-state index contributed by atoms with van der Waals surface area (Å²) in [5.74, 6) is 0. The molecule has 0 fully saturated rings. The first-order valence-electron chi connectivity index (χ1n) is 21.5. The first-order valence-corrected chi connectivity index (χ1v) is 21.5. The largest absolute Gasteiger partial charge is 0.456 e. The molecule has 0 aliphatic heterocycles. The lowest BCUT2D eigenvalue weighted by Crippen LogP contribution is -2.10. The van der Waals surface area contributed by atoms with Crippen LogP contribution in [0.15, 0.2) is 233 Å². The molecule has 11 aromatic carbocycles. The fourth-order valence-electron chi connectivity index (χ4n) is 9.89. The highest BCUT2D eigenvalue weighted by Gasteiger charge is 2.21. The maximum absolute atomic E-state index is 6.65. The number of fused-ring (bicyclic) bond motifs is 10. The van der Waals surface area contributed by atoms with Crippen LogP contribution in [-0.4, -0.2) is 0 Å². The van der Waals surface area contributed by atoms with Gasteiger partial charge in [0.05, 0.1) is 5.69 Å². The Kier molecular flexibility index (Phi) is 7.91. The molecule has 0 unspecified atom stereocenters. The van der Waals surface area contributed by atoms with Crippen LogP contribution in [0, 0.1) is 0 Å². The fourth-order valence-corrected chi connectivity index (χ4v) is 9.89. The second kappa shape index (κ2) is 14.1. The van der Waals surface area contributed by atoms with E-state index in [0.29, 0.717) is 0 Å². The van der Waals surface area contributed by atoms with Gasteiger partial charge in [0.1, 0.15) is 22.3 Å². The molecular formula is C60H37NO2. The summed E-state index contributed by atoms with van der Waals surface area (Å²) >= 11 is 0. The van der Waals surface area contributed by atoms with Gasteiger partial charge in [0.15, 0.2) is 0 Å². The van der Waals surface area contributed by atoms with Crippen LogP contribution in [0.4, 0.5) is 17.1 Å². The molecule has 0 amide bonds. The summed E-state index contributed by atoms with van der Waals surface area (Å²) in [5.41, 5.74) is 13.6. The molecule has 0 atom stereocenters. The number of hydrogen-bond donors (Lipinski definition) is 0. The molecule has 3 heteroatoms. The van der Waals surface area contributed by atoms with E-state index in [1.807, 2.05) is 18.2 Å². The van der Waals surface area contributed by atoms with E-state index in [-0.39, 0.29) is 0 Å². The van der Waals surface area contributed by atoms with E-state index in [0.717, 1.165) is 88.8 Å². The molecule has 0 N–H and O–H groups in total. The molecule has 2 heterocycles. The molecule has 0 radical (unpaired) electrons. The van der Waals surface area contributed by atoms with Gasteiger partial charge in [-0.15, -0.1) is 0 Å². The normalized spacial score (nSPS) is 11.8. The van der Waals surface area contributed by atoms with Crippen molar-refractivity contribution in [2.45, 2.75) is 0 Å². The van der Waals surface area contributed by atoms with Gasteiger partial charge in [-0.3, -0.25) is 0 Å². The molecule has 0 aliphatic rings. The minimum atomic E-state index is 0.894. The van der Waals surface area contributed by atoms with Crippen LogP contribution < -0.4 is 4.90 Å². The van der Waals surface area contributed by atoms with Crippen LogP contribution in [0.5, 0.6) is 0 Å². The fraction of sp³-hybridized carbons (Fsp3) is 0. The van der Waals surface area contributed by atoms with Gasteiger partial charge >= 0.3 is 0 Å². The van der Waals surface area contributed by atoms with Gasteiger partial charge in [-0.1, -0.05) is 170 Å². The summed E-state index contributed by atoms with van der Waals surface area (Å²) in [6, 6.07) is 80.6. The Morgan fingerprint density at radius 2 is 0.841 bits per heavy atom. The number of nitrogens with zero attached hydrogens (tertiary/aromatic N) is 1. The molecule has 0 bridgehead atoms. The highest BCUT2D eigenvalue weighted by Crippen LogP contribution is 2.46. The molecule has 0 saturated heterocycles. The SMILES string of the molecule is c1ccc2c(-c3cccc4c3oc3ccccc34)c(-c3ccc(N(c4ccc(-c5ccc6c(c5)oc5ccccc56)cc4)c4cc5ccccc5c5ccccc45)cc3)ccc2c1. The number of hydrogen-bond acceptors (Lipinski definition) is 3.